The number of rotatable bonds is 6. The predicted octanol–water partition coefficient (Wildman–Crippen LogP) is 5.33. The first-order valence-corrected chi connectivity index (χ1v) is 11.8. The van der Waals surface area contributed by atoms with Crippen molar-refractivity contribution in [2.24, 2.45) is 0 Å². The lowest BCUT2D eigenvalue weighted by Crippen LogP contribution is -2.25. The third-order valence-corrected chi connectivity index (χ3v) is 6.14. The second-order valence-electron chi connectivity index (χ2n) is 9.18. The lowest BCUT2D eigenvalue weighted by atomic mass is 10.1. The Morgan fingerprint density at radius 3 is 2.46 bits per heavy atom. The largest absolute Gasteiger partial charge is 0.486 e. The highest BCUT2D eigenvalue weighted by atomic mass is 16.5. The lowest BCUT2D eigenvalue weighted by molar-refractivity contribution is 0.295. The summed E-state index contributed by atoms with van der Waals surface area (Å²) in [6.45, 7) is 14.0. The van der Waals surface area contributed by atoms with Gasteiger partial charge in [0.25, 0.3) is 5.56 Å². The average molecular weight is 470 g/mol. The summed E-state index contributed by atoms with van der Waals surface area (Å²) >= 11 is 0. The van der Waals surface area contributed by atoms with Crippen LogP contribution in [0, 0.1) is 34.6 Å². The van der Waals surface area contributed by atoms with E-state index in [4.69, 9.17) is 9.72 Å². The van der Waals surface area contributed by atoms with E-state index in [-0.39, 0.29) is 11.5 Å². The number of hydrogen-bond donors (Lipinski definition) is 0. The van der Waals surface area contributed by atoms with Crippen LogP contribution in [0.1, 0.15) is 59.4 Å². The van der Waals surface area contributed by atoms with Crippen LogP contribution in [0.15, 0.2) is 47.5 Å². The van der Waals surface area contributed by atoms with Gasteiger partial charge in [-0.15, -0.1) is 0 Å². The van der Waals surface area contributed by atoms with E-state index in [0.717, 1.165) is 45.4 Å². The highest BCUT2D eigenvalue weighted by Crippen LogP contribution is 2.27. The highest BCUT2D eigenvalue weighted by Gasteiger charge is 2.18. The average Bonchev–Trinajstić information content (AvgIpc) is 2.83. The summed E-state index contributed by atoms with van der Waals surface area (Å²) in [4.78, 5) is 31.7. The normalized spacial score (nSPS) is 11.2. The molecule has 0 unspecified atom stereocenters. The van der Waals surface area contributed by atoms with Crippen molar-refractivity contribution in [3.63, 3.8) is 0 Å². The Hall–Kier alpha value is -3.87. The molecule has 0 spiro atoms. The summed E-state index contributed by atoms with van der Waals surface area (Å²) in [5, 5.41) is 0. The Labute approximate surface area is 205 Å². The van der Waals surface area contributed by atoms with E-state index in [2.05, 4.69) is 28.8 Å². The smallest absolute Gasteiger partial charge is 0.261 e. The Bertz CT molecular complexity index is 1460. The van der Waals surface area contributed by atoms with Crippen LogP contribution in [0.2, 0.25) is 0 Å². The molecule has 0 aromatic carbocycles. The molecule has 35 heavy (non-hydrogen) atoms. The van der Waals surface area contributed by atoms with Crippen molar-refractivity contribution in [3.8, 4) is 22.8 Å². The van der Waals surface area contributed by atoms with E-state index >= 15 is 0 Å². The summed E-state index contributed by atoms with van der Waals surface area (Å²) < 4.78 is 7.82. The van der Waals surface area contributed by atoms with Crippen molar-refractivity contribution in [1.82, 2.24) is 24.5 Å². The van der Waals surface area contributed by atoms with E-state index < -0.39 is 0 Å². The predicted molar refractivity (Wildman–Crippen MR) is 137 cm³/mol. The third kappa shape index (κ3) is 4.85. The zero-order valence-electron chi connectivity index (χ0n) is 21.4. The van der Waals surface area contributed by atoms with E-state index in [1.807, 2.05) is 64.2 Å². The van der Waals surface area contributed by atoms with E-state index in [0.29, 0.717) is 23.6 Å². The van der Waals surface area contributed by atoms with Gasteiger partial charge in [-0.25, -0.2) is 9.97 Å². The van der Waals surface area contributed by atoms with Crippen molar-refractivity contribution in [1.29, 1.82) is 0 Å². The monoisotopic (exact) mass is 469 g/mol. The maximum absolute atomic E-state index is 13.5. The number of aromatic nitrogens is 5. The van der Waals surface area contributed by atoms with Crippen LogP contribution in [-0.2, 0) is 6.61 Å². The molecule has 0 aliphatic rings. The van der Waals surface area contributed by atoms with Gasteiger partial charge in [0.1, 0.15) is 18.2 Å². The Morgan fingerprint density at radius 1 is 0.971 bits per heavy atom. The number of pyridine rings is 3. The molecule has 7 nitrogen and oxygen atoms in total. The van der Waals surface area contributed by atoms with Gasteiger partial charge in [-0.05, 0) is 64.4 Å². The van der Waals surface area contributed by atoms with E-state index in [1.54, 1.807) is 17.7 Å². The molecule has 0 aliphatic carbocycles. The molecule has 4 aromatic rings. The summed E-state index contributed by atoms with van der Waals surface area (Å²) in [6, 6.07) is 9.57. The zero-order valence-corrected chi connectivity index (χ0v) is 21.4. The minimum Gasteiger partial charge on any atom is -0.486 e. The molecule has 0 saturated heterocycles. The van der Waals surface area contributed by atoms with Crippen LogP contribution < -0.4 is 10.3 Å². The second-order valence-corrected chi connectivity index (χ2v) is 9.18. The molecule has 0 atom stereocenters. The van der Waals surface area contributed by atoms with Crippen LogP contribution in [-0.4, -0.2) is 24.5 Å². The van der Waals surface area contributed by atoms with Gasteiger partial charge in [-0.3, -0.25) is 19.3 Å². The van der Waals surface area contributed by atoms with Gasteiger partial charge >= 0.3 is 0 Å². The van der Waals surface area contributed by atoms with Gasteiger partial charge in [0, 0.05) is 35.3 Å². The lowest BCUT2D eigenvalue weighted by Gasteiger charge is -2.19. The van der Waals surface area contributed by atoms with Crippen molar-refractivity contribution in [3.05, 3.63) is 92.7 Å². The highest BCUT2D eigenvalue weighted by molar-refractivity contribution is 5.61. The SMILES string of the molecule is Cc1cccc(COc2c(C)c(C)n(-c3ccnc(-c4nc(C(C)C)ncc4C)c3)c(=O)c2C)n1. The van der Waals surface area contributed by atoms with Gasteiger partial charge in [0.05, 0.1) is 28.3 Å². The number of nitrogens with zero attached hydrogens (tertiary/aromatic N) is 5. The van der Waals surface area contributed by atoms with Crippen LogP contribution in [0.5, 0.6) is 5.75 Å². The van der Waals surface area contributed by atoms with Crippen molar-refractivity contribution >= 4 is 0 Å². The van der Waals surface area contributed by atoms with Gasteiger partial charge in [0.2, 0.25) is 0 Å². The molecule has 0 N–H and O–H groups in total. The molecule has 4 rings (SSSR count). The minimum atomic E-state index is -0.125. The molecule has 0 amide bonds. The number of hydrogen-bond acceptors (Lipinski definition) is 6. The molecule has 7 heteroatoms. The van der Waals surface area contributed by atoms with Crippen LogP contribution >= 0.6 is 0 Å². The van der Waals surface area contributed by atoms with Crippen molar-refractivity contribution in [2.75, 3.05) is 0 Å². The third-order valence-electron chi connectivity index (χ3n) is 6.14. The topological polar surface area (TPSA) is 82.8 Å². The van der Waals surface area contributed by atoms with Crippen molar-refractivity contribution < 1.29 is 4.74 Å². The van der Waals surface area contributed by atoms with Crippen molar-refractivity contribution in [2.45, 2.75) is 61.0 Å². The molecule has 0 bridgehead atoms. The summed E-state index contributed by atoms with van der Waals surface area (Å²) in [6.07, 6.45) is 3.54. The van der Waals surface area contributed by atoms with Crippen LogP contribution in [0.4, 0.5) is 0 Å². The fourth-order valence-electron chi connectivity index (χ4n) is 4.06. The van der Waals surface area contributed by atoms with Gasteiger partial charge in [0.15, 0.2) is 0 Å². The first-order chi connectivity index (χ1) is 16.7. The van der Waals surface area contributed by atoms with Crippen LogP contribution in [0.3, 0.4) is 0 Å². The van der Waals surface area contributed by atoms with E-state index in [1.165, 1.54) is 0 Å². The maximum atomic E-state index is 13.5. The molecule has 4 aromatic heterocycles. The summed E-state index contributed by atoms with van der Waals surface area (Å²) in [5.41, 5.74) is 7.06. The Kier molecular flexibility index (Phi) is 6.78. The molecule has 0 saturated carbocycles. The first-order valence-electron chi connectivity index (χ1n) is 11.8. The molecule has 4 heterocycles. The van der Waals surface area contributed by atoms with Crippen LogP contribution in [0.25, 0.3) is 17.1 Å². The molecular formula is C28H31N5O2. The quantitative estimate of drug-likeness (QED) is 0.380. The van der Waals surface area contributed by atoms with Gasteiger partial charge in [-0.1, -0.05) is 19.9 Å². The zero-order chi connectivity index (χ0) is 25.3. The van der Waals surface area contributed by atoms with E-state index in [9.17, 15) is 4.79 Å². The maximum Gasteiger partial charge on any atom is 0.261 e. The van der Waals surface area contributed by atoms with Gasteiger partial charge < -0.3 is 4.74 Å². The molecule has 0 radical (unpaired) electrons. The number of ether oxygens (including phenoxy) is 1. The standard InChI is InChI=1S/C28H31N5O2/c1-16(2)27-30-14-17(3)25(32-27)24-13-23(11-12-29-24)33-21(7)19(5)26(20(6)28(33)34)35-15-22-10-8-9-18(4)31-22/h8-14,16H,15H2,1-7H3. The first kappa shape index (κ1) is 24.3. The summed E-state index contributed by atoms with van der Waals surface area (Å²) in [7, 11) is 0. The molecule has 180 valence electrons. The van der Waals surface area contributed by atoms with Gasteiger partial charge in [-0.2, -0.15) is 0 Å². The minimum absolute atomic E-state index is 0.125. The Balaban J connectivity index is 1.75. The Morgan fingerprint density at radius 2 is 1.74 bits per heavy atom. The second kappa shape index (κ2) is 9.78. The fourth-order valence-corrected chi connectivity index (χ4v) is 4.06. The molecular weight excluding hydrogens is 438 g/mol. The molecule has 0 aliphatic heterocycles. The summed E-state index contributed by atoms with van der Waals surface area (Å²) in [5.74, 6) is 1.58. The molecule has 0 fully saturated rings. The fraction of sp³-hybridized carbons (Fsp3) is 0.321. The number of aryl methyl sites for hydroxylation is 2.